The lowest BCUT2D eigenvalue weighted by Crippen LogP contribution is -1.99. The van der Waals surface area contributed by atoms with Crippen molar-refractivity contribution in [3.05, 3.63) is 96.4 Å². The van der Waals surface area contributed by atoms with Crippen LogP contribution in [-0.2, 0) is 19.6 Å². The smallest absolute Gasteiger partial charge is 0.218 e. The fraction of sp³-hybridized carbons (Fsp3) is 0.174. The zero-order chi connectivity index (χ0) is 19.7. The Bertz CT molecular complexity index is 1020. The summed E-state index contributed by atoms with van der Waals surface area (Å²) < 4.78 is 13.3. The number of rotatable bonds is 9. The minimum atomic E-state index is 0.315. The number of benzene rings is 1. The van der Waals surface area contributed by atoms with E-state index >= 15 is 0 Å². The number of aromatic nitrogens is 4. The predicted molar refractivity (Wildman–Crippen MR) is 111 cm³/mol. The van der Waals surface area contributed by atoms with Crippen LogP contribution < -0.4 is 4.74 Å². The van der Waals surface area contributed by atoms with Gasteiger partial charge in [-0.3, -0.25) is 0 Å². The second-order valence-electron chi connectivity index (χ2n) is 6.62. The fourth-order valence-corrected chi connectivity index (χ4v) is 2.87. The van der Waals surface area contributed by atoms with Gasteiger partial charge in [-0.25, -0.2) is 15.0 Å². The van der Waals surface area contributed by atoms with Crippen LogP contribution in [0.4, 0.5) is 0 Å². The highest BCUT2D eigenvalue weighted by molar-refractivity contribution is 5.65. The maximum Gasteiger partial charge on any atom is 0.218 e. The molecule has 0 fully saturated rings. The number of ether oxygens (including phenoxy) is 1. The Balaban J connectivity index is 1.24. The zero-order valence-electron chi connectivity index (χ0n) is 16.0. The van der Waals surface area contributed by atoms with Crippen molar-refractivity contribution >= 4 is 12.2 Å². The van der Waals surface area contributed by atoms with Crippen LogP contribution in [0.15, 0.2) is 78.1 Å². The molecular weight excluding hydrogens is 364 g/mol. The minimum absolute atomic E-state index is 0.315. The molecule has 0 unspecified atom stereocenters. The van der Waals surface area contributed by atoms with Gasteiger partial charge in [0, 0.05) is 37.3 Å². The number of oxazole rings is 1. The number of imidazole rings is 1. The van der Waals surface area contributed by atoms with Crippen LogP contribution in [0.3, 0.4) is 0 Å². The molecule has 0 bridgehead atoms. The topological polar surface area (TPSA) is 66.0 Å². The minimum Gasteiger partial charge on any atom is -0.471 e. The quantitative estimate of drug-likeness (QED) is 0.419. The monoisotopic (exact) mass is 386 g/mol. The molecule has 0 radical (unpaired) electrons. The van der Waals surface area contributed by atoms with Crippen LogP contribution in [0, 0.1) is 0 Å². The van der Waals surface area contributed by atoms with Crippen LogP contribution in [0.2, 0.25) is 0 Å². The van der Waals surface area contributed by atoms with E-state index in [1.165, 1.54) is 5.56 Å². The standard InChI is InChI=1S/C23H22N4O2/c1-2-5-19(6-3-1)8-11-23-26-21(17-29-23)16-28-22-10-9-20(15-25-22)7-4-13-27-14-12-24-18-27/h1-3,5-6,8-12,14-15,17-18H,4,7,13,16H2/b11-8+. The van der Waals surface area contributed by atoms with Gasteiger partial charge in [-0.05, 0) is 30.0 Å². The van der Waals surface area contributed by atoms with Gasteiger partial charge in [0.2, 0.25) is 11.8 Å². The van der Waals surface area contributed by atoms with Gasteiger partial charge in [0.1, 0.15) is 18.6 Å². The summed E-state index contributed by atoms with van der Waals surface area (Å²) in [6.45, 7) is 1.26. The Labute approximate surface area is 169 Å². The number of nitrogens with zero attached hydrogens (tertiary/aromatic N) is 4. The van der Waals surface area contributed by atoms with Crippen molar-refractivity contribution in [2.24, 2.45) is 0 Å². The maximum atomic E-state index is 5.72. The van der Waals surface area contributed by atoms with Crippen LogP contribution in [0.1, 0.15) is 29.1 Å². The highest BCUT2D eigenvalue weighted by Gasteiger charge is 2.04. The summed E-state index contributed by atoms with van der Waals surface area (Å²) in [5.41, 5.74) is 3.01. The van der Waals surface area contributed by atoms with Crippen molar-refractivity contribution in [1.82, 2.24) is 19.5 Å². The van der Waals surface area contributed by atoms with Crippen molar-refractivity contribution in [2.75, 3.05) is 0 Å². The molecule has 0 aliphatic rings. The number of aryl methyl sites for hydroxylation is 2. The van der Waals surface area contributed by atoms with E-state index in [1.807, 2.05) is 73.3 Å². The Morgan fingerprint density at radius 1 is 1.07 bits per heavy atom. The van der Waals surface area contributed by atoms with Gasteiger partial charge in [0.15, 0.2) is 0 Å². The van der Waals surface area contributed by atoms with Gasteiger partial charge in [-0.15, -0.1) is 0 Å². The molecule has 0 spiro atoms. The summed E-state index contributed by atoms with van der Waals surface area (Å²) in [5.74, 6) is 1.13. The lowest BCUT2D eigenvalue weighted by Gasteiger charge is -2.05. The van der Waals surface area contributed by atoms with E-state index in [9.17, 15) is 0 Å². The summed E-state index contributed by atoms with van der Waals surface area (Å²) in [7, 11) is 0. The molecule has 0 saturated heterocycles. The summed E-state index contributed by atoms with van der Waals surface area (Å²) in [4.78, 5) is 12.8. The molecule has 0 aliphatic heterocycles. The molecule has 0 amide bonds. The summed E-state index contributed by atoms with van der Waals surface area (Å²) in [5, 5.41) is 0. The van der Waals surface area contributed by atoms with Crippen molar-refractivity contribution in [3.8, 4) is 5.88 Å². The zero-order valence-corrected chi connectivity index (χ0v) is 16.0. The van der Waals surface area contributed by atoms with Crippen LogP contribution in [0.5, 0.6) is 5.88 Å². The largest absolute Gasteiger partial charge is 0.471 e. The van der Waals surface area contributed by atoms with Gasteiger partial charge in [0.25, 0.3) is 0 Å². The van der Waals surface area contributed by atoms with Crippen LogP contribution >= 0.6 is 0 Å². The average Bonchev–Trinajstić information content (AvgIpc) is 3.45. The average molecular weight is 386 g/mol. The van der Waals surface area contributed by atoms with Crippen molar-refractivity contribution in [1.29, 1.82) is 0 Å². The molecule has 0 aliphatic carbocycles. The first-order valence-corrected chi connectivity index (χ1v) is 9.56. The van der Waals surface area contributed by atoms with E-state index in [2.05, 4.69) is 19.5 Å². The maximum absolute atomic E-state index is 5.72. The van der Waals surface area contributed by atoms with E-state index in [1.54, 1.807) is 12.5 Å². The first-order chi connectivity index (χ1) is 14.3. The first kappa shape index (κ1) is 18.7. The van der Waals surface area contributed by atoms with E-state index in [0.717, 1.165) is 30.6 Å². The molecule has 29 heavy (non-hydrogen) atoms. The van der Waals surface area contributed by atoms with E-state index in [4.69, 9.17) is 9.15 Å². The van der Waals surface area contributed by atoms with Gasteiger partial charge < -0.3 is 13.7 Å². The molecule has 0 saturated carbocycles. The molecule has 6 heteroatoms. The van der Waals surface area contributed by atoms with E-state index in [-0.39, 0.29) is 0 Å². The normalized spacial score (nSPS) is 11.2. The second-order valence-corrected chi connectivity index (χ2v) is 6.62. The predicted octanol–water partition coefficient (Wildman–Crippen LogP) is 4.65. The number of hydrogen-bond donors (Lipinski definition) is 0. The van der Waals surface area contributed by atoms with Crippen LogP contribution in [0.25, 0.3) is 12.2 Å². The van der Waals surface area contributed by atoms with Crippen molar-refractivity contribution < 1.29 is 9.15 Å². The lowest BCUT2D eigenvalue weighted by atomic mass is 10.1. The second kappa shape index (κ2) is 9.50. The van der Waals surface area contributed by atoms with Gasteiger partial charge in [-0.1, -0.05) is 36.4 Å². The Hall–Kier alpha value is -3.67. The van der Waals surface area contributed by atoms with Gasteiger partial charge >= 0.3 is 0 Å². The molecular formula is C23H22N4O2. The van der Waals surface area contributed by atoms with Crippen LogP contribution in [-0.4, -0.2) is 19.5 Å². The lowest BCUT2D eigenvalue weighted by molar-refractivity contribution is 0.289. The Kier molecular flexibility index (Phi) is 6.12. The third-order valence-electron chi connectivity index (χ3n) is 4.39. The Morgan fingerprint density at radius 3 is 2.79 bits per heavy atom. The Morgan fingerprint density at radius 2 is 2.00 bits per heavy atom. The van der Waals surface area contributed by atoms with E-state index in [0.29, 0.717) is 18.4 Å². The van der Waals surface area contributed by atoms with Crippen molar-refractivity contribution in [3.63, 3.8) is 0 Å². The van der Waals surface area contributed by atoms with E-state index < -0.39 is 0 Å². The SMILES string of the molecule is C(=C\c1nc(COc2ccc(CCCn3ccnc3)cn2)co1)/c1ccccc1. The fourth-order valence-electron chi connectivity index (χ4n) is 2.87. The highest BCUT2D eigenvalue weighted by atomic mass is 16.5. The molecule has 0 N–H and O–H groups in total. The molecule has 4 rings (SSSR count). The molecule has 1 aromatic carbocycles. The summed E-state index contributed by atoms with van der Waals surface area (Å²) >= 11 is 0. The summed E-state index contributed by atoms with van der Waals surface area (Å²) in [6.07, 6.45) is 14.9. The van der Waals surface area contributed by atoms with Gasteiger partial charge in [0.05, 0.1) is 6.33 Å². The number of pyridine rings is 1. The number of hydrogen-bond acceptors (Lipinski definition) is 5. The third-order valence-corrected chi connectivity index (χ3v) is 4.39. The third kappa shape index (κ3) is 5.65. The summed E-state index contributed by atoms with van der Waals surface area (Å²) in [6, 6.07) is 14.0. The van der Waals surface area contributed by atoms with Crippen molar-refractivity contribution in [2.45, 2.75) is 26.0 Å². The van der Waals surface area contributed by atoms with Gasteiger partial charge in [-0.2, -0.15) is 0 Å². The first-order valence-electron chi connectivity index (χ1n) is 9.56. The molecule has 146 valence electrons. The molecule has 4 aromatic rings. The molecule has 3 heterocycles. The molecule has 6 nitrogen and oxygen atoms in total. The highest BCUT2D eigenvalue weighted by Crippen LogP contribution is 2.13. The molecule has 3 aromatic heterocycles. The molecule has 0 atom stereocenters.